The second-order valence-corrected chi connectivity index (χ2v) is 5.59. The first-order valence-electron chi connectivity index (χ1n) is 6.77. The summed E-state index contributed by atoms with van der Waals surface area (Å²) in [5, 5.41) is 0. The Hall–Kier alpha value is -1.42. The van der Waals surface area contributed by atoms with E-state index in [4.69, 9.17) is 18.0 Å². The normalized spacial score (nSPS) is 22.5. The molecule has 0 radical (unpaired) electrons. The van der Waals surface area contributed by atoms with Gasteiger partial charge in [0, 0.05) is 23.2 Å². The lowest BCUT2D eigenvalue weighted by Gasteiger charge is -2.28. The molecule has 0 bridgehead atoms. The molecule has 1 saturated heterocycles. The quantitative estimate of drug-likeness (QED) is 0.863. The molecule has 102 valence electrons. The first kappa shape index (κ1) is 14.0. The summed E-state index contributed by atoms with van der Waals surface area (Å²) < 4.78 is 0. The Bertz CT molecular complexity index is 501. The molecule has 1 aromatic rings. The number of amides is 1. The first-order valence-corrected chi connectivity index (χ1v) is 7.18. The molecule has 2 N–H and O–H groups in total. The zero-order chi connectivity index (χ0) is 14.0. The Balaban J connectivity index is 2.28. The molecule has 3 nitrogen and oxygen atoms in total. The van der Waals surface area contributed by atoms with Crippen LogP contribution in [0.2, 0.25) is 0 Å². The van der Waals surface area contributed by atoms with Crippen LogP contribution in [-0.2, 0) is 0 Å². The molecule has 1 heterocycles. The van der Waals surface area contributed by atoms with E-state index in [0.29, 0.717) is 22.6 Å². The number of rotatable bonds is 3. The molecular formula is C15H20N2OS. The van der Waals surface area contributed by atoms with Crippen LogP contribution in [0.4, 0.5) is 0 Å². The number of hydrogen-bond donors (Lipinski definition) is 1. The van der Waals surface area contributed by atoms with Crippen LogP contribution in [0, 0.1) is 0 Å². The molecule has 19 heavy (non-hydrogen) atoms. The zero-order valence-electron chi connectivity index (χ0n) is 11.4. The number of nitrogens with two attached hydrogens (primary N) is 1. The maximum atomic E-state index is 12.6. The fraction of sp³-hybridized carbons (Fsp3) is 0.467. The Morgan fingerprint density at radius 2 is 2.11 bits per heavy atom. The molecular weight excluding hydrogens is 256 g/mol. The fourth-order valence-corrected chi connectivity index (χ4v) is 2.92. The summed E-state index contributed by atoms with van der Waals surface area (Å²) in [6.07, 6.45) is 3.18. The van der Waals surface area contributed by atoms with Crippen molar-refractivity contribution in [3.05, 3.63) is 35.4 Å². The average Bonchev–Trinajstić information content (AvgIpc) is 2.79. The van der Waals surface area contributed by atoms with E-state index in [2.05, 4.69) is 13.8 Å². The van der Waals surface area contributed by atoms with Crippen molar-refractivity contribution in [1.29, 1.82) is 0 Å². The SMILES string of the molecule is CCC1CCC(C)N1C(=O)c1cccc(C(N)=S)c1. The van der Waals surface area contributed by atoms with Crippen molar-refractivity contribution in [3.63, 3.8) is 0 Å². The minimum absolute atomic E-state index is 0.0925. The molecule has 1 fully saturated rings. The number of hydrogen-bond acceptors (Lipinski definition) is 2. The van der Waals surface area contributed by atoms with Crippen LogP contribution in [0.25, 0.3) is 0 Å². The number of nitrogens with zero attached hydrogens (tertiary/aromatic N) is 1. The van der Waals surface area contributed by atoms with Gasteiger partial charge in [-0.3, -0.25) is 4.79 Å². The van der Waals surface area contributed by atoms with Crippen LogP contribution in [0.15, 0.2) is 24.3 Å². The van der Waals surface area contributed by atoms with E-state index in [-0.39, 0.29) is 5.91 Å². The lowest BCUT2D eigenvalue weighted by molar-refractivity contribution is 0.0676. The van der Waals surface area contributed by atoms with Gasteiger partial charge in [-0.25, -0.2) is 0 Å². The van der Waals surface area contributed by atoms with Gasteiger partial charge in [0.2, 0.25) is 0 Å². The Kier molecular flexibility index (Phi) is 4.20. The highest BCUT2D eigenvalue weighted by Gasteiger charge is 2.33. The van der Waals surface area contributed by atoms with Gasteiger partial charge < -0.3 is 10.6 Å². The van der Waals surface area contributed by atoms with Crippen LogP contribution in [0.3, 0.4) is 0 Å². The summed E-state index contributed by atoms with van der Waals surface area (Å²) in [6, 6.07) is 7.97. The van der Waals surface area contributed by atoms with E-state index in [0.717, 1.165) is 24.8 Å². The van der Waals surface area contributed by atoms with Gasteiger partial charge in [0.05, 0.1) is 0 Å². The first-order chi connectivity index (χ1) is 9.04. The maximum Gasteiger partial charge on any atom is 0.254 e. The summed E-state index contributed by atoms with van der Waals surface area (Å²) in [6.45, 7) is 4.25. The third-order valence-corrected chi connectivity index (χ3v) is 4.12. The highest BCUT2D eigenvalue weighted by Crippen LogP contribution is 2.27. The molecule has 1 aliphatic heterocycles. The molecule has 4 heteroatoms. The smallest absolute Gasteiger partial charge is 0.254 e. The second kappa shape index (κ2) is 5.70. The predicted octanol–water partition coefficient (Wildman–Crippen LogP) is 2.72. The summed E-state index contributed by atoms with van der Waals surface area (Å²) in [7, 11) is 0. The van der Waals surface area contributed by atoms with Crippen molar-refractivity contribution in [2.24, 2.45) is 5.73 Å². The molecule has 2 atom stereocenters. The molecule has 1 aromatic carbocycles. The molecule has 2 rings (SSSR count). The van der Waals surface area contributed by atoms with Crippen LogP contribution < -0.4 is 5.73 Å². The molecule has 0 saturated carbocycles. The van der Waals surface area contributed by atoms with Crippen molar-refractivity contribution in [2.45, 2.75) is 45.2 Å². The molecule has 2 unspecified atom stereocenters. The number of benzene rings is 1. The third-order valence-electron chi connectivity index (χ3n) is 3.89. The van der Waals surface area contributed by atoms with E-state index >= 15 is 0 Å². The minimum Gasteiger partial charge on any atom is -0.389 e. The number of carbonyl (C=O) groups is 1. The monoisotopic (exact) mass is 276 g/mol. The van der Waals surface area contributed by atoms with Gasteiger partial charge >= 0.3 is 0 Å². The van der Waals surface area contributed by atoms with E-state index in [1.54, 1.807) is 6.07 Å². The molecule has 1 amide bonds. The summed E-state index contributed by atoms with van der Waals surface area (Å²) in [5.74, 6) is 0.0925. The highest BCUT2D eigenvalue weighted by atomic mass is 32.1. The Labute approximate surface area is 119 Å². The molecule has 0 spiro atoms. The maximum absolute atomic E-state index is 12.6. The standard InChI is InChI=1S/C15H20N2OS/c1-3-13-8-7-10(2)17(13)15(18)12-6-4-5-11(9-12)14(16)19/h4-6,9-10,13H,3,7-8H2,1-2H3,(H2,16,19). The van der Waals surface area contributed by atoms with Gasteiger partial charge in [-0.05, 0) is 38.3 Å². The molecule has 0 aliphatic carbocycles. The highest BCUT2D eigenvalue weighted by molar-refractivity contribution is 7.80. The van der Waals surface area contributed by atoms with Gasteiger partial charge in [0.25, 0.3) is 5.91 Å². The topological polar surface area (TPSA) is 46.3 Å². The lowest BCUT2D eigenvalue weighted by atomic mass is 10.1. The van der Waals surface area contributed by atoms with Crippen molar-refractivity contribution in [2.75, 3.05) is 0 Å². The van der Waals surface area contributed by atoms with E-state index < -0.39 is 0 Å². The molecule has 1 aliphatic rings. The van der Waals surface area contributed by atoms with Crippen LogP contribution in [-0.4, -0.2) is 27.9 Å². The van der Waals surface area contributed by atoms with Crippen molar-refractivity contribution in [1.82, 2.24) is 4.90 Å². The van der Waals surface area contributed by atoms with E-state index in [1.165, 1.54) is 0 Å². The number of thiocarbonyl (C=S) groups is 1. The zero-order valence-corrected chi connectivity index (χ0v) is 12.2. The second-order valence-electron chi connectivity index (χ2n) is 5.15. The Morgan fingerprint density at radius 1 is 1.42 bits per heavy atom. The van der Waals surface area contributed by atoms with Gasteiger partial charge in [-0.1, -0.05) is 31.3 Å². The lowest BCUT2D eigenvalue weighted by Crippen LogP contribution is -2.39. The molecule has 0 aromatic heterocycles. The van der Waals surface area contributed by atoms with Gasteiger partial charge in [0.1, 0.15) is 4.99 Å². The average molecular weight is 276 g/mol. The minimum atomic E-state index is 0.0925. The van der Waals surface area contributed by atoms with Crippen molar-refractivity contribution < 1.29 is 4.79 Å². The van der Waals surface area contributed by atoms with Gasteiger partial charge in [0.15, 0.2) is 0 Å². The Morgan fingerprint density at radius 3 is 2.74 bits per heavy atom. The fourth-order valence-electron chi connectivity index (χ4n) is 2.79. The number of carbonyl (C=O) groups excluding carboxylic acids is 1. The van der Waals surface area contributed by atoms with Crippen LogP contribution >= 0.6 is 12.2 Å². The van der Waals surface area contributed by atoms with Crippen LogP contribution in [0.5, 0.6) is 0 Å². The van der Waals surface area contributed by atoms with Gasteiger partial charge in [-0.15, -0.1) is 0 Å². The summed E-state index contributed by atoms with van der Waals surface area (Å²) >= 11 is 4.97. The largest absolute Gasteiger partial charge is 0.389 e. The predicted molar refractivity (Wildman–Crippen MR) is 81.3 cm³/mol. The van der Waals surface area contributed by atoms with Crippen molar-refractivity contribution in [3.8, 4) is 0 Å². The van der Waals surface area contributed by atoms with Gasteiger partial charge in [-0.2, -0.15) is 0 Å². The van der Waals surface area contributed by atoms with Crippen molar-refractivity contribution >= 4 is 23.1 Å². The van der Waals surface area contributed by atoms with Crippen LogP contribution in [0.1, 0.15) is 49.0 Å². The third kappa shape index (κ3) is 2.78. The van der Waals surface area contributed by atoms with E-state index in [1.807, 2.05) is 23.1 Å². The van der Waals surface area contributed by atoms with E-state index in [9.17, 15) is 4.79 Å². The summed E-state index contributed by atoms with van der Waals surface area (Å²) in [5.41, 5.74) is 7.05. The summed E-state index contributed by atoms with van der Waals surface area (Å²) in [4.78, 5) is 15.0. The number of likely N-dealkylation sites (tertiary alicyclic amines) is 1.